The van der Waals surface area contributed by atoms with E-state index in [4.69, 9.17) is 4.74 Å². The topological polar surface area (TPSA) is 134 Å². The van der Waals surface area contributed by atoms with Crippen molar-refractivity contribution < 1.29 is 34.1 Å². The van der Waals surface area contributed by atoms with E-state index in [1.54, 1.807) is 25.1 Å². The van der Waals surface area contributed by atoms with E-state index in [9.17, 15) is 29.4 Å². The minimum Gasteiger partial charge on any atom is -0.504 e. The number of ether oxygens (including phenoxy) is 1. The van der Waals surface area contributed by atoms with Crippen molar-refractivity contribution in [3.05, 3.63) is 65.1 Å². The molecule has 1 heterocycles. The molecule has 4 rings (SSSR count). The van der Waals surface area contributed by atoms with Gasteiger partial charge in [-0.3, -0.25) is 19.2 Å². The first-order chi connectivity index (χ1) is 14.2. The molecule has 152 valence electrons. The van der Waals surface area contributed by atoms with Gasteiger partial charge >= 0.3 is 0 Å². The number of nitrogens with one attached hydrogen (secondary N) is 1. The number of ketones is 4. The van der Waals surface area contributed by atoms with Crippen molar-refractivity contribution in [3.63, 3.8) is 0 Å². The lowest BCUT2D eigenvalue weighted by Gasteiger charge is -2.37. The van der Waals surface area contributed by atoms with Gasteiger partial charge in [0.15, 0.2) is 28.7 Å². The Hall–Kier alpha value is -3.78. The largest absolute Gasteiger partial charge is 0.504 e. The molecular formula is C22H17NO7. The van der Waals surface area contributed by atoms with Crippen LogP contribution < -0.4 is 4.74 Å². The molecular weight excluding hydrogens is 390 g/mol. The number of benzene rings is 1. The Labute approximate surface area is 170 Å². The molecule has 0 radical (unpaired) electrons. The molecule has 0 saturated carbocycles. The van der Waals surface area contributed by atoms with Crippen molar-refractivity contribution in [2.45, 2.75) is 12.5 Å². The molecule has 2 aliphatic rings. The molecule has 2 aromatic rings. The summed E-state index contributed by atoms with van der Waals surface area (Å²) in [5.74, 6) is -5.52. The molecule has 0 amide bonds. The van der Waals surface area contributed by atoms with Crippen LogP contribution in [0.1, 0.15) is 11.3 Å². The SMILES string of the molecule is COc1ccc2[nH]c(C)c(C3(O)C(=O)C=C(O)C(=O)C3C3=CC(=O)C=CC3=O)c2c1. The van der Waals surface area contributed by atoms with Crippen molar-refractivity contribution in [1.29, 1.82) is 0 Å². The van der Waals surface area contributed by atoms with Gasteiger partial charge in [0.05, 0.1) is 13.0 Å². The molecule has 8 nitrogen and oxygen atoms in total. The number of methoxy groups -OCH3 is 1. The van der Waals surface area contributed by atoms with E-state index < -0.39 is 40.4 Å². The number of aliphatic hydroxyl groups excluding tert-OH is 1. The van der Waals surface area contributed by atoms with E-state index >= 15 is 0 Å². The van der Waals surface area contributed by atoms with Crippen molar-refractivity contribution in [3.8, 4) is 5.75 Å². The smallest absolute Gasteiger partial charge is 0.208 e. The maximum Gasteiger partial charge on any atom is 0.208 e. The monoisotopic (exact) mass is 407 g/mol. The van der Waals surface area contributed by atoms with Crippen molar-refractivity contribution >= 4 is 34.0 Å². The molecule has 1 aromatic heterocycles. The number of aryl methyl sites for hydroxylation is 1. The molecule has 0 spiro atoms. The van der Waals surface area contributed by atoms with Crippen LogP contribution in [0.3, 0.4) is 0 Å². The molecule has 8 heteroatoms. The number of hydrogen-bond acceptors (Lipinski definition) is 7. The van der Waals surface area contributed by atoms with Gasteiger partial charge in [-0.05, 0) is 43.4 Å². The third-order valence-electron chi connectivity index (χ3n) is 5.44. The molecule has 2 unspecified atom stereocenters. The van der Waals surface area contributed by atoms with Crippen LogP contribution in [0.4, 0.5) is 0 Å². The Morgan fingerprint density at radius 3 is 2.53 bits per heavy atom. The van der Waals surface area contributed by atoms with Gasteiger partial charge in [0.25, 0.3) is 0 Å². The van der Waals surface area contributed by atoms with Crippen molar-refractivity contribution in [2.75, 3.05) is 7.11 Å². The normalized spacial score (nSPS) is 24.3. The third kappa shape index (κ3) is 2.65. The standard InChI is InChI=1S/C22H17NO7/c1-10-19(13-8-12(30-2)4-5-15(13)23-10)22(29)18(27)9-17(26)21(28)20(22)14-7-11(24)3-6-16(14)25/h3-9,20,23,26,29H,1-2H3. The van der Waals surface area contributed by atoms with Gasteiger partial charge in [-0.2, -0.15) is 0 Å². The number of fused-ring (bicyclic) bond motifs is 1. The van der Waals surface area contributed by atoms with Gasteiger partial charge in [-0.1, -0.05) is 0 Å². The molecule has 0 saturated heterocycles. The highest BCUT2D eigenvalue weighted by Crippen LogP contribution is 2.45. The Bertz CT molecular complexity index is 1240. The Morgan fingerprint density at radius 1 is 1.10 bits per heavy atom. The van der Waals surface area contributed by atoms with Gasteiger partial charge < -0.3 is 19.9 Å². The van der Waals surface area contributed by atoms with Crippen LogP contribution in [0.2, 0.25) is 0 Å². The second-order valence-electron chi connectivity index (χ2n) is 7.19. The Balaban J connectivity index is 2.05. The Kier molecular flexibility index (Phi) is 4.32. The average molecular weight is 407 g/mol. The number of hydrogen-bond donors (Lipinski definition) is 3. The summed E-state index contributed by atoms with van der Waals surface area (Å²) in [6.07, 6.45) is 3.54. The lowest BCUT2D eigenvalue weighted by Crippen LogP contribution is -2.51. The van der Waals surface area contributed by atoms with Crippen LogP contribution in [-0.2, 0) is 24.8 Å². The fourth-order valence-corrected chi connectivity index (χ4v) is 4.09. The van der Waals surface area contributed by atoms with Gasteiger partial charge in [-0.25, -0.2) is 0 Å². The molecule has 3 N–H and O–H groups in total. The highest BCUT2D eigenvalue weighted by Gasteiger charge is 2.56. The van der Waals surface area contributed by atoms with E-state index in [1.165, 1.54) is 7.11 Å². The average Bonchev–Trinajstić information content (AvgIpc) is 3.04. The number of Topliss-reactive ketones (excluding diaryl/α,β-unsaturated/α-hetero) is 1. The number of carbonyl (C=O) groups excluding carboxylic acids is 4. The number of aromatic nitrogens is 1. The summed E-state index contributed by atoms with van der Waals surface area (Å²) in [5.41, 5.74) is -1.87. The summed E-state index contributed by atoms with van der Waals surface area (Å²) < 4.78 is 5.23. The summed E-state index contributed by atoms with van der Waals surface area (Å²) in [6.45, 7) is 1.61. The lowest BCUT2D eigenvalue weighted by molar-refractivity contribution is -0.148. The highest BCUT2D eigenvalue weighted by molar-refractivity contribution is 6.24. The first-order valence-electron chi connectivity index (χ1n) is 9.05. The molecule has 30 heavy (non-hydrogen) atoms. The molecule has 0 fully saturated rings. The second kappa shape index (κ2) is 6.64. The fraction of sp³-hybridized carbons (Fsp3) is 0.182. The first kappa shape index (κ1) is 19.5. The van der Waals surface area contributed by atoms with Gasteiger partial charge in [0, 0.05) is 33.8 Å². The van der Waals surface area contributed by atoms with Crippen LogP contribution in [0.15, 0.2) is 53.8 Å². The van der Waals surface area contributed by atoms with Crippen LogP contribution in [0.25, 0.3) is 10.9 Å². The van der Waals surface area contributed by atoms with Crippen LogP contribution >= 0.6 is 0 Å². The maximum absolute atomic E-state index is 13.0. The highest BCUT2D eigenvalue weighted by atomic mass is 16.5. The molecule has 2 atom stereocenters. The molecule has 0 bridgehead atoms. The van der Waals surface area contributed by atoms with Crippen LogP contribution in [-0.4, -0.2) is 45.4 Å². The predicted molar refractivity (Wildman–Crippen MR) is 105 cm³/mol. The fourth-order valence-electron chi connectivity index (χ4n) is 4.09. The number of aromatic amines is 1. The van der Waals surface area contributed by atoms with Gasteiger partial charge in [0.1, 0.15) is 5.75 Å². The quantitative estimate of drug-likeness (QED) is 0.657. The van der Waals surface area contributed by atoms with E-state index in [0.29, 0.717) is 28.4 Å². The Morgan fingerprint density at radius 2 is 1.83 bits per heavy atom. The van der Waals surface area contributed by atoms with E-state index in [0.717, 1.165) is 18.2 Å². The van der Waals surface area contributed by atoms with Crippen LogP contribution in [0.5, 0.6) is 5.75 Å². The third-order valence-corrected chi connectivity index (χ3v) is 5.44. The van der Waals surface area contributed by atoms with Gasteiger partial charge in [0.2, 0.25) is 5.78 Å². The number of H-pyrrole nitrogens is 1. The summed E-state index contributed by atoms with van der Waals surface area (Å²) in [5, 5.41) is 22.1. The first-order valence-corrected chi connectivity index (χ1v) is 9.05. The number of rotatable bonds is 3. The van der Waals surface area contributed by atoms with Crippen molar-refractivity contribution in [2.24, 2.45) is 5.92 Å². The summed E-state index contributed by atoms with van der Waals surface area (Å²) in [7, 11) is 1.46. The molecule has 0 aliphatic heterocycles. The summed E-state index contributed by atoms with van der Waals surface area (Å²) in [4.78, 5) is 53.4. The zero-order valence-electron chi connectivity index (χ0n) is 16.1. The molecule has 1 aromatic carbocycles. The molecule has 2 aliphatic carbocycles. The maximum atomic E-state index is 13.0. The summed E-state index contributed by atoms with van der Waals surface area (Å²) in [6, 6.07) is 4.95. The number of aliphatic hydroxyl groups is 2. The predicted octanol–water partition coefficient (Wildman–Crippen LogP) is 1.52. The second-order valence-corrected chi connectivity index (χ2v) is 7.19. The zero-order chi connectivity index (χ0) is 21.8. The van der Waals surface area contributed by atoms with E-state index in [1.807, 2.05) is 0 Å². The zero-order valence-corrected chi connectivity index (χ0v) is 16.1. The lowest BCUT2D eigenvalue weighted by atomic mass is 9.66. The van der Waals surface area contributed by atoms with Crippen LogP contribution in [0, 0.1) is 12.8 Å². The summed E-state index contributed by atoms with van der Waals surface area (Å²) >= 11 is 0. The number of carbonyl (C=O) groups is 4. The van der Waals surface area contributed by atoms with E-state index in [-0.39, 0.29) is 11.1 Å². The minimum absolute atomic E-state index is 0.0687. The van der Waals surface area contributed by atoms with Gasteiger partial charge in [-0.15, -0.1) is 0 Å². The van der Waals surface area contributed by atoms with Crippen molar-refractivity contribution in [1.82, 2.24) is 4.98 Å². The minimum atomic E-state index is -2.52. The number of allylic oxidation sites excluding steroid dienone is 4. The van der Waals surface area contributed by atoms with E-state index in [2.05, 4.69) is 4.98 Å².